The van der Waals surface area contributed by atoms with Crippen LogP contribution < -0.4 is 20.1 Å². The van der Waals surface area contributed by atoms with Crippen molar-refractivity contribution in [1.29, 1.82) is 0 Å². The first-order valence-corrected chi connectivity index (χ1v) is 9.16. The van der Waals surface area contributed by atoms with E-state index in [1.807, 2.05) is 13.8 Å². The van der Waals surface area contributed by atoms with Gasteiger partial charge in [0, 0.05) is 23.7 Å². The number of anilines is 2. The first-order chi connectivity index (χ1) is 13.0. The highest BCUT2D eigenvalue weighted by Gasteiger charge is 2.13. The second-order valence-electron chi connectivity index (χ2n) is 5.61. The maximum absolute atomic E-state index is 12.7. The molecule has 2 rings (SSSR count). The fraction of sp³-hybridized carbons (Fsp3) is 0.300. The number of benzene rings is 2. The summed E-state index contributed by atoms with van der Waals surface area (Å²) in [5.74, 6) is 0.603. The molecule has 0 atom stereocenters. The Bertz CT molecular complexity index is 799. The highest BCUT2D eigenvalue weighted by molar-refractivity contribution is 6.34. The van der Waals surface area contributed by atoms with Crippen LogP contribution in [-0.4, -0.2) is 25.0 Å². The van der Waals surface area contributed by atoms with Gasteiger partial charge in [0.15, 0.2) is 0 Å². The summed E-state index contributed by atoms with van der Waals surface area (Å²) in [7, 11) is 0. The number of hydrogen-bond donors (Lipinski definition) is 2. The maximum Gasteiger partial charge on any atom is 0.255 e. The van der Waals surface area contributed by atoms with Gasteiger partial charge in [-0.1, -0.05) is 18.5 Å². The van der Waals surface area contributed by atoms with Crippen LogP contribution in [0.5, 0.6) is 11.5 Å². The molecule has 144 valence electrons. The van der Waals surface area contributed by atoms with E-state index in [1.165, 1.54) is 0 Å². The lowest BCUT2D eigenvalue weighted by Gasteiger charge is -2.13. The summed E-state index contributed by atoms with van der Waals surface area (Å²) in [5.41, 5.74) is 1.33. The van der Waals surface area contributed by atoms with E-state index >= 15 is 0 Å². The standard InChI is InChI=1S/C20H23ClN2O4/c1-4-19(24)22-14-7-8-17(21)18(11-14)23-20(25)13-9-15(26-5-2)12-16(10-13)27-6-3/h7-12H,4-6H2,1-3H3,(H,22,24)(H,23,25). The molecule has 0 saturated heterocycles. The van der Waals surface area contributed by atoms with Gasteiger partial charge in [0.2, 0.25) is 5.91 Å². The van der Waals surface area contributed by atoms with Crippen molar-refractivity contribution in [2.45, 2.75) is 27.2 Å². The van der Waals surface area contributed by atoms with Crippen molar-refractivity contribution in [1.82, 2.24) is 0 Å². The second kappa shape index (κ2) is 9.83. The van der Waals surface area contributed by atoms with Crippen LogP contribution in [0.25, 0.3) is 0 Å². The molecule has 0 aromatic heterocycles. The molecule has 2 amide bonds. The summed E-state index contributed by atoms with van der Waals surface area (Å²) in [4.78, 5) is 24.3. The van der Waals surface area contributed by atoms with E-state index in [0.29, 0.717) is 53.1 Å². The molecule has 27 heavy (non-hydrogen) atoms. The van der Waals surface area contributed by atoms with Crippen molar-refractivity contribution in [3.05, 3.63) is 47.0 Å². The van der Waals surface area contributed by atoms with Crippen LogP contribution in [-0.2, 0) is 4.79 Å². The van der Waals surface area contributed by atoms with E-state index in [0.717, 1.165) is 0 Å². The van der Waals surface area contributed by atoms with E-state index in [9.17, 15) is 9.59 Å². The van der Waals surface area contributed by atoms with Gasteiger partial charge < -0.3 is 20.1 Å². The monoisotopic (exact) mass is 390 g/mol. The molecule has 0 aliphatic carbocycles. The van der Waals surface area contributed by atoms with Crippen molar-refractivity contribution >= 4 is 34.8 Å². The zero-order chi connectivity index (χ0) is 19.8. The minimum Gasteiger partial charge on any atom is -0.494 e. The zero-order valence-corrected chi connectivity index (χ0v) is 16.4. The van der Waals surface area contributed by atoms with Crippen molar-refractivity contribution in [2.24, 2.45) is 0 Å². The maximum atomic E-state index is 12.7. The van der Waals surface area contributed by atoms with Crippen LogP contribution in [0.1, 0.15) is 37.6 Å². The Morgan fingerprint density at radius 3 is 2.11 bits per heavy atom. The van der Waals surface area contributed by atoms with Gasteiger partial charge in [-0.15, -0.1) is 0 Å². The van der Waals surface area contributed by atoms with Crippen LogP contribution in [0, 0.1) is 0 Å². The predicted molar refractivity (Wildman–Crippen MR) is 107 cm³/mol. The third-order valence-corrected chi connectivity index (χ3v) is 3.91. The normalized spacial score (nSPS) is 10.2. The number of carbonyl (C=O) groups is 2. The lowest BCUT2D eigenvalue weighted by Crippen LogP contribution is -2.14. The molecule has 6 nitrogen and oxygen atoms in total. The molecular formula is C20H23ClN2O4. The van der Waals surface area contributed by atoms with Crippen LogP contribution in [0.15, 0.2) is 36.4 Å². The number of carbonyl (C=O) groups excluding carboxylic acids is 2. The molecule has 0 aliphatic heterocycles. The molecule has 0 fully saturated rings. The second-order valence-corrected chi connectivity index (χ2v) is 6.02. The van der Waals surface area contributed by atoms with Crippen LogP contribution in [0.2, 0.25) is 5.02 Å². The summed E-state index contributed by atoms with van der Waals surface area (Å²) in [5, 5.41) is 5.86. The van der Waals surface area contributed by atoms with E-state index < -0.39 is 0 Å². The summed E-state index contributed by atoms with van der Waals surface area (Å²) < 4.78 is 11.0. The van der Waals surface area contributed by atoms with Crippen molar-refractivity contribution < 1.29 is 19.1 Å². The fourth-order valence-electron chi connectivity index (χ4n) is 2.35. The third-order valence-electron chi connectivity index (χ3n) is 3.58. The van der Waals surface area contributed by atoms with Crippen molar-refractivity contribution in [2.75, 3.05) is 23.8 Å². The van der Waals surface area contributed by atoms with Gasteiger partial charge in [0.05, 0.1) is 23.9 Å². The summed E-state index contributed by atoms with van der Waals surface area (Å²) in [6.07, 6.45) is 0.356. The number of hydrogen-bond acceptors (Lipinski definition) is 4. The zero-order valence-electron chi connectivity index (χ0n) is 15.6. The minimum atomic E-state index is -0.363. The average Bonchev–Trinajstić information content (AvgIpc) is 2.64. The van der Waals surface area contributed by atoms with Gasteiger partial charge in [0.25, 0.3) is 5.91 Å². The Balaban J connectivity index is 2.25. The minimum absolute atomic E-state index is 0.125. The van der Waals surface area contributed by atoms with E-state index in [4.69, 9.17) is 21.1 Å². The molecule has 2 N–H and O–H groups in total. The summed E-state index contributed by atoms with van der Waals surface area (Å²) >= 11 is 6.18. The Hall–Kier alpha value is -2.73. The molecule has 2 aromatic carbocycles. The lowest BCUT2D eigenvalue weighted by molar-refractivity contribution is -0.115. The van der Waals surface area contributed by atoms with Crippen LogP contribution >= 0.6 is 11.6 Å². The molecule has 0 bridgehead atoms. The quantitative estimate of drug-likeness (QED) is 0.682. The fourth-order valence-corrected chi connectivity index (χ4v) is 2.51. The summed E-state index contributed by atoms with van der Waals surface area (Å²) in [6.45, 7) is 6.43. The van der Waals surface area contributed by atoms with Crippen molar-refractivity contribution in [3.63, 3.8) is 0 Å². The first kappa shape index (κ1) is 20.6. The molecule has 0 heterocycles. The smallest absolute Gasteiger partial charge is 0.255 e. The van der Waals surface area contributed by atoms with Crippen molar-refractivity contribution in [3.8, 4) is 11.5 Å². The summed E-state index contributed by atoms with van der Waals surface area (Å²) in [6, 6.07) is 9.91. The molecule has 2 aromatic rings. The van der Waals surface area contributed by atoms with E-state index in [-0.39, 0.29) is 11.8 Å². The Labute approximate surface area is 163 Å². The topological polar surface area (TPSA) is 76.7 Å². The number of rotatable bonds is 8. The lowest BCUT2D eigenvalue weighted by atomic mass is 10.1. The Kier molecular flexibility index (Phi) is 7.49. The third kappa shape index (κ3) is 5.89. The van der Waals surface area contributed by atoms with E-state index in [2.05, 4.69) is 10.6 Å². The van der Waals surface area contributed by atoms with Gasteiger partial charge in [-0.3, -0.25) is 9.59 Å². The van der Waals surface area contributed by atoms with Gasteiger partial charge in [-0.25, -0.2) is 0 Å². The largest absolute Gasteiger partial charge is 0.494 e. The first-order valence-electron chi connectivity index (χ1n) is 8.78. The molecule has 0 spiro atoms. The highest BCUT2D eigenvalue weighted by Crippen LogP contribution is 2.28. The van der Waals surface area contributed by atoms with Gasteiger partial charge in [0.1, 0.15) is 11.5 Å². The Morgan fingerprint density at radius 2 is 1.56 bits per heavy atom. The molecule has 0 unspecified atom stereocenters. The average molecular weight is 391 g/mol. The van der Waals surface area contributed by atoms with Crippen LogP contribution in [0.3, 0.4) is 0 Å². The highest BCUT2D eigenvalue weighted by atomic mass is 35.5. The molecule has 0 radical (unpaired) electrons. The van der Waals surface area contributed by atoms with Gasteiger partial charge >= 0.3 is 0 Å². The van der Waals surface area contributed by atoms with Gasteiger partial charge in [-0.05, 0) is 44.2 Å². The Morgan fingerprint density at radius 1 is 0.926 bits per heavy atom. The number of ether oxygens (including phenoxy) is 2. The molecule has 7 heteroatoms. The van der Waals surface area contributed by atoms with E-state index in [1.54, 1.807) is 43.3 Å². The SMILES string of the molecule is CCOc1cc(OCC)cc(C(=O)Nc2cc(NC(=O)CC)ccc2Cl)c1. The number of amides is 2. The molecular weight excluding hydrogens is 368 g/mol. The van der Waals surface area contributed by atoms with Crippen LogP contribution in [0.4, 0.5) is 11.4 Å². The van der Waals surface area contributed by atoms with Gasteiger partial charge in [-0.2, -0.15) is 0 Å². The molecule has 0 aliphatic rings. The number of halogens is 1. The molecule has 0 saturated carbocycles. The number of nitrogens with one attached hydrogen (secondary N) is 2. The predicted octanol–water partition coefficient (Wildman–Crippen LogP) is 4.74.